The molecule has 21 heavy (non-hydrogen) atoms. The number of furan rings is 1. The molecule has 0 unspecified atom stereocenters. The molecule has 0 aliphatic rings. The number of hydrogen-bond acceptors (Lipinski definition) is 4. The summed E-state index contributed by atoms with van der Waals surface area (Å²) in [7, 11) is 0. The van der Waals surface area contributed by atoms with Crippen molar-refractivity contribution in [3.05, 3.63) is 46.5 Å². The molecule has 0 fully saturated rings. The number of urea groups is 1. The first-order valence-corrected chi connectivity index (χ1v) is 7.73. The number of carbonyl (C=O) groups excluding carboxylic acids is 1. The topological polar surface area (TPSA) is 74.5 Å². The molecule has 0 spiro atoms. The first kappa shape index (κ1) is 15.6. The van der Waals surface area contributed by atoms with E-state index in [-0.39, 0.29) is 18.6 Å². The van der Waals surface area contributed by atoms with Gasteiger partial charge in [0.2, 0.25) is 0 Å². The molecule has 2 aromatic heterocycles. The number of carbonyl (C=O) groups is 1. The lowest BCUT2D eigenvalue weighted by atomic mass is 10.0. The van der Waals surface area contributed by atoms with E-state index in [2.05, 4.69) is 16.0 Å². The molecule has 2 heterocycles. The highest BCUT2D eigenvalue weighted by molar-refractivity contribution is 7.07. The Morgan fingerprint density at radius 2 is 2.33 bits per heavy atom. The minimum absolute atomic E-state index is 0.0214. The molecule has 0 saturated heterocycles. The van der Waals surface area contributed by atoms with Crippen molar-refractivity contribution in [1.82, 2.24) is 10.6 Å². The maximum Gasteiger partial charge on any atom is 0.315 e. The molecule has 6 heteroatoms. The van der Waals surface area contributed by atoms with Crippen molar-refractivity contribution in [2.24, 2.45) is 0 Å². The van der Waals surface area contributed by atoms with Crippen molar-refractivity contribution >= 4 is 17.4 Å². The van der Waals surface area contributed by atoms with E-state index >= 15 is 0 Å². The summed E-state index contributed by atoms with van der Waals surface area (Å²) in [5, 5.41) is 19.8. The average Bonchev–Trinajstić information content (AvgIpc) is 3.09. The zero-order valence-corrected chi connectivity index (χ0v) is 12.9. The molecule has 2 rings (SSSR count). The standard InChI is InChI=1S/C15H20N2O3S/c1-11(8-12-5-7-21-9-12)17-14(18)16-10-15(2,19)13-4-3-6-20-13/h3-7,9,11,19H,8,10H2,1-2H3,(H2,16,17,18)/t11-,15+/m1/s1. The van der Waals surface area contributed by atoms with E-state index in [9.17, 15) is 9.90 Å². The van der Waals surface area contributed by atoms with Gasteiger partial charge in [-0.3, -0.25) is 0 Å². The van der Waals surface area contributed by atoms with E-state index in [1.807, 2.05) is 18.4 Å². The molecule has 5 nitrogen and oxygen atoms in total. The van der Waals surface area contributed by atoms with E-state index in [0.717, 1.165) is 6.42 Å². The van der Waals surface area contributed by atoms with Gasteiger partial charge in [0.05, 0.1) is 12.8 Å². The Hall–Kier alpha value is -1.79. The van der Waals surface area contributed by atoms with Crippen molar-refractivity contribution < 1.29 is 14.3 Å². The highest BCUT2D eigenvalue weighted by Gasteiger charge is 2.26. The molecular weight excluding hydrogens is 288 g/mol. The van der Waals surface area contributed by atoms with Gasteiger partial charge in [0.25, 0.3) is 0 Å². The second-order valence-electron chi connectivity index (χ2n) is 5.31. The predicted molar refractivity (Wildman–Crippen MR) is 82.3 cm³/mol. The Balaban J connectivity index is 1.77. The van der Waals surface area contributed by atoms with Gasteiger partial charge in [-0.2, -0.15) is 11.3 Å². The van der Waals surface area contributed by atoms with Crippen molar-refractivity contribution in [2.45, 2.75) is 31.9 Å². The maximum atomic E-state index is 11.8. The molecule has 2 atom stereocenters. The van der Waals surface area contributed by atoms with Gasteiger partial charge < -0.3 is 20.2 Å². The summed E-state index contributed by atoms with van der Waals surface area (Å²) in [5.74, 6) is 0.425. The highest BCUT2D eigenvalue weighted by Crippen LogP contribution is 2.19. The SMILES string of the molecule is C[C@H](Cc1ccsc1)NC(=O)NC[C@](C)(O)c1ccco1. The van der Waals surface area contributed by atoms with Gasteiger partial charge in [0.1, 0.15) is 11.4 Å². The van der Waals surface area contributed by atoms with Gasteiger partial charge in [-0.25, -0.2) is 4.79 Å². The highest BCUT2D eigenvalue weighted by atomic mass is 32.1. The first-order chi connectivity index (χ1) is 9.97. The van der Waals surface area contributed by atoms with Crippen LogP contribution in [0.5, 0.6) is 0 Å². The molecule has 2 aromatic rings. The van der Waals surface area contributed by atoms with Crippen molar-refractivity contribution in [3.8, 4) is 0 Å². The van der Waals surface area contributed by atoms with E-state index in [4.69, 9.17) is 4.42 Å². The zero-order valence-electron chi connectivity index (χ0n) is 12.1. The van der Waals surface area contributed by atoms with Crippen LogP contribution in [0.25, 0.3) is 0 Å². The second kappa shape index (κ2) is 6.78. The Kier molecular flexibility index (Phi) is 5.03. The van der Waals surface area contributed by atoms with Crippen LogP contribution < -0.4 is 10.6 Å². The summed E-state index contributed by atoms with van der Waals surface area (Å²) in [6.45, 7) is 3.63. The Morgan fingerprint density at radius 1 is 1.52 bits per heavy atom. The van der Waals surface area contributed by atoms with Gasteiger partial charge in [-0.15, -0.1) is 0 Å². The number of hydrogen-bond donors (Lipinski definition) is 3. The fraction of sp³-hybridized carbons (Fsp3) is 0.400. The fourth-order valence-electron chi connectivity index (χ4n) is 2.01. The van der Waals surface area contributed by atoms with Crippen molar-refractivity contribution in [3.63, 3.8) is 0 Å². The van der Waals surface area contributed by atoms with E-state index in [0.29, 0.717) is 5.76 Å². The quantitative estimate of drug-likeness (QED) is 0.767. The smallest absolute Gasteiger partial charge is 0.315 e. The van der Waals surface area contributed by atoms with Gasteiger partial charge in [-0.05, 0) is 54.8 Å². The summed E-state index contributed by atoms with van der Waals surface area (Å²) in [6.07, 6.45) is 2.28. The van der Waals surface area contributed by atoms with E-state index in [1.165, 1.54) is 11.8 Å². The molecule has 0 aromatic carbocycles. The third kappa shape index (κ3) is 4.61. The monoisotopic (exact) mass is 308 g/mol. The fourth-order valence-corrected chi connectivity index (χ4v) is 2.69. The summed E-state index contributed by atoms with van der Waals surface area (Å²) in [4.78, 5) is 11.8. The molecule has 3 N–H and O–H groups in total. The number of amides is 2. The third-order valence-corrected chi connectivity index (χ3v) is 3.88. The van der Waals surface area contributed by atoms with Crippen molar-refractivity contribution in [2.75, 3.05) is 6.54 Å². The molecule has 0 aliphatic carbocycles. The minimum atomic E-state index is -1.22. The second-order valence-corrected chi connectivity index (χ2v) is 6.09. The summed E-state index contributed by atoms with van der Waals surface area (Å²) >= 11 is 1.64. The Labute approximate surface area is 128 Å². The molecule has 0 saturated carbocycles. The minimum Gasteiger partial charge on any atom is -0.466 e. The molecule has 0 radical (unpaired) electrons. The first-order valence-electron chi connectivity index (χ1n) is 6.79. The lowest BCUT2D eigenvalue weighted by molar-refractivity contribution is 0.0366. The summed E-state index contributed by atoms with van der Waals surface area (Å²) < 4.78 is 5.16. The van der Waals surface area contributed by atoms with Crippen LogP contribution in [0.3, 0.4) is 0 Å². The number of aliphatic hydroxyl groups is 1. The number of thiophene rings is 1. The molecule has 0 bridgehead atoms. The zero-order chi connectivity index (χ0) is 15.3. The average molecular weight is 308 g/mol. The molecular formula is C15H20N2O3S. The van der Waals surface area contributed by atoms with E-state index in [1.54, 1.807) is 30.4 Å². The maximum absolute atomic E-state index is 11.8. The Morgan fingerprint density at radius 3 is 2.95 bits per heavy atom. The summed E-state index contributed by atoms with van der Waals surface area (Å²) in [5.41, 5.74) is -0.0207. The number of nitrogens with one attached hydrogen (secondary N) is 2. The van der Waals surface area contributed by atoms with Crippen LogP contribution in [-0.4, -0.2) is 23.7 Å². The van der Waals surface area contributed by atoms with Crippen LogP contribution in [-0.2, 0) is 12.0 Å². The van der Waals surface area contributed by atoms with Crippen molar-refractivity contribution in [1.29, 1.82) is 0 Å². The lowest BCUT2D eigenvalue weighted by Crippen LogP contribution is -2.46. The van der Waals surface area contributed by atoms with Gasteiger partial charge in [0, 0.05) is 6.04 Å². The van der Waals surface area contributed by atoms with Gasteiger partial charge in [-0.1, -0.05) is 0 Å². The van der Waals surface area contributed by atoms with Crippen LogP contribution in [0.4, 0.5) is 4.79 Å². The molecule has 2 amide bonds. The van der Waals surface area contributed by atoms with Crippen LogP contribution in [0.1, 0.15) is 25.2 Å². The largest absolute Gasteiger partial charge is 0.466 e. The van der Waals surface area contributed by atoms with Crippen LogP contribution >= 0.6 is 11.3 Å². The van der Waals surface area contributed by atoms with Crippen LogP contribution in [0.15, 0.2) is 39.6 Å². The van der Waals surface area contributed by atoms with Gasteiger partial charge in [0.15, 0.2) is 0 Å². The molecule has 114 valence electrons. The summed E-state index contributed by atoms with van der Waals surface area (Å²) in [6, 6.07) is 5.14. The lowest BCUT2D eigenvalue weighted by Gasteiger charge is -2.22. The van der Waals surface area contributed by atoms with Crippen LogP contribution in [0, 0.1) is 0 Å². The van der Waals surface area contributed by atoms with Crippen LogP contribution in [0.2, 0.25) is 0 Å². The van der Waals surface area contributed by atoms with E-state index < -0.39 is 5.60 Å². The molecule has 0 aliphatic heterocycles. The normalized spacial score (nSPS) is 15.2. The number of rotatable bonds is 6. The third-order valence-electron chi connectivity index (χ3n) is 3.14. The van der Waals surface area contributed by atoms with Gasteiger partial charge >= 0.3 is 6.03 Å². The predicted octanol–water partition coefficient (Wildman–Crippen LogP) is 2.48. The Bertz CT molecular complexity index is 550.